The van der Waals surface area contributed by atoms with Crippen molar-refractivity contribution >= 4 is 17.5 Å². The van der Waals surface area contributed by atoms with Gasteiger partial charge >= 0.3 is 5.97 Å². The largest absolute Gasteiger partial charge is 0.477 e. The second kappa shape index (κ2) is 3.51. The summed E-state index contributed by atoms with van der Waals surface area (Å²) in [4.78, 5) is 26.0. The van der Waals surface area contributed by atoms with Crippen molar-refractivity contribution in [3.05, 3.63) is 11.3 Å². The fourth-order valence-corrected chi connectivity index (χ4v) is 1.31. The van der Waals surface area contributed by atoms with Gasteiger partial charge in [0.2, 0.25) is 0 Å². The lowest BCUT2D eigenvalue weighted by atomic mass is 10.00. The Morgan fingerprint density at radius 3 is 2.69 bits per heavy atom. The summed E-state index contributed by atoms with van der Waals surface area (Å²) in [5.41, 5.74) is 0.932. The minimum absolute atomic E-state index is 0.130. The molecule has 0 fully saturated rings. The van der Waals surface area contributed by atoms with E-state index in [2.05, 4.69) is 4.99 Å². The average molecular weight is 181 g/mol. The summed E-state index contributed by atoms with van der Waals surface area (Å²) >= 11 is 0. The summed E-state index contributed by atoms with van der Waals surface area (Å²) in [5.74, 6) is -1.50. The minimum Gasteiger partial charge on any atom is -0.477 e. The third-order valence-electron chi connectivity index (χ3n) is 1.86. The van der Waals surface area contributed by atoms with Gasteiger partial charge in [-0.2, -0.15) is 0 Å². The molecule has 0 radical (unpaired) electrons. The Kier molecular flexibility index (Phi) is 2.60. The van der Waals surface area contributed by atoms with Gasteiger partial charge in [-0.1, -0.05) is 6.92 Å². The Labute approximate surface area is 76.0 Å². The average Bonchev–Trinajstić information content (AvgIpc) is 2.01. The molecule has 1 aliphatic heterocycles. The molecule has 4 heteroatoms. The van der Waals surface area contributed by atoms with Crippen LogP contribution in [0.2, 0.25) is 0 Å². The molecule has 0 aromatic carbocycles. The first-order chi connectivity index (χ1) is 6.06. The number of aliphatic imine (C=N–C) groups is 1. The highest BCUT2D eigenvalue weighted by Crippen LogP contribution is 2.19. The number of allylic oxidation sites excluding steroid dienone is 1. The zero-order chi connectivity index (χ0) is 10.0. The molecule has 0 aliphatic carbocycles. The molecule has 13 heavy (non-hydrogen) atoms. The summed E-state index contributed by atoms with van der Waals surface area (Å²) in [6.07, 6.45) is 0.607. The fraction of sp³-hybridized carbons (Fsp3) is 0.444. The van der Waals surface area contributed by atoms with Gasteiger partial charge in [-0.05, 0) is 13.3 Å². The maximum Gasteiger partial charge on any atom is 0.341 e. The van der Waals surface area contributed by atoms with Gasteiger partial charge in [0.25, 0.3) is 0 Å². The summed E-state index contributed by atoms with van der Waals surface area (Å²) < 4.78 is 0. The monoisotopic (exact) mass is 181 g/mol. The predicted octanol–water partition coefficient (Wildman–Crippen LogP) is 1.17. The van der Waals surface area contributed by atoms with E-state index >= 15 is 0 Å². The molecule has 4 nitrogen and oxygen atoms in total. The molecule has 0 aromatic rings. The Morgan fingerprint density at radius 2 is 2.23 bits per heavy atom. The van der Waals surface area contributed by atoms with Crippen molar-refractivity contribution in [3.63, 3.8) is 0 Å². The standard InChI is InChI=1S/C9H11NO3/c1-3-6-8(9(12)13)7(11)4-5(2)10-6/h3-4H2,1-2H3,(H,12,13). The summed E-state index contributed by atoms with van der Waals surface area (Å²) in [6.45, 7) is 3.51. The van der Waals surface area contributed by atoms with Crippen molar-refractivity contribution in [1.82, 2.24) is 0 Å². The van der Waals surface area contributed by atoms with Crippen LogP contribution in [0.3, 0.4) is 0 Å². The molecule has 1 heterocycles. The SMILES string of the molecule is CCC1=C(C(=O)O)C(=O)CC(C)=N1. The van der Waals surface area contributed by atoms with Crippen LogP contribution in [0.15, 0.2) is 16.3 Å². The minimum atomic E-state index is -1.17. The lowest BCUT2D eigenvalue weighted by molar-refractivity contribution is -0.134. The van der Waals surface area contributed by atoms with Crippen molar-refractivity contribution in [2.24, 2.45) is 4.99 Å². The number of aliphatic carboxylic acids is 1. The maximum atomic E-state index is 11.3. The van der Waals surface area contributed by atoms with Crippen LogP contribution in [-0.2, 0) is 9.59 Å². The number of nitrogens with zero attached hydrogens (tertiary/aromatic N) is 1. The van der Waals surface area contributed by atoms with E-state index in [1.165, 1.54) is 0 Å². The molecule has 0 aromatic heterocycles. The second-order valence-electron chi connectivity index (χ2n) is 2.93. The van der Waals surface area contributed by atoms with E-state index in [1.807, 2.05) is 0 Å². The molecule has 0 amide bonds. The molecule has 0 bridgehead atoms. The molecule has 0 atom stereocenters. The van der Waals surface area contributed by atoms with Crippen LogP contribution in [-0.4, -0.2) is 22.6 Å². The first kappa shape index (κ1) is 9.64. The normalized spacial score (nSPS) is 17.4. The van der Waals surface area contributed by atoms with E-state index in [9.17, 15) is 9.59 Å². The molecule has 1 aliphatic rings. The van der Waals surface area contributed by atoms with Crippen LogP contribution in [0.1, 0.15) is 26.7 Å². The number of ketones is 1. The van der Waals surface area contributed by atoms with Crippen LogP contribution in [0.5, 0.6) is 0 Å². The first-order valence-electron chi connectivity index (χ1n) is 4.10. The third-order valence-corrected chi connectivity index (χ3v) is 1.86. The zero-order valence-corrected chi connectivity index (χ0v) is 7.63. The summed E-state index contributed by atoms with van der Waals surface area (Å²) in [6, 6.07) is 0. The van der Waals surface area contributed by atoms with E-state index < -0.39 is 5.97 Å². The number of carboxylic acid groups (broad SMARTS) is 1. The lowest BCUT2D eigenvalue weighted by Gasteiger charge is -2.12. The van der Waals surface area contributed by atoms with Gasteiger partial charge < -0.3 is 5.11 Å². The Morgan fingerprint density at radius 1 is 1.62 bits per heavy atom. The van der Waals surface area contributed by atoms with E-state index in [0.29, 0.717) is 17.8 Å². The van der Waals surface area contributed by atoms with Crippen LogP contribution in [0, 0.1) is 0 Å². The van der Waals surface area contributed by atoms with Crippen LogP contribution < -0.4 is 0 Å². The molecule has 70 valence electrons. The lowest BCUT2D eigenvalue weighted by Crippen LogP contribution is -2.20. The van der Waals surface area contributed by atoms with Crippen LogP contribution >= 0.6 is 0 Å². The quantitative estimate of drug-likeness (QED) is 0.650. The highest BCUT2D eigenvalue weighted by atomic mass is 16.4. The Bertz CT molecular complexity index is 326. The van der Waals surface area contributed by atoms with Crippen molar-refractivity contribution < 1.29 is 14.7 Å². The van der Waals surface area contributed by atoms with E-state index in [4.69, 9.17) is 5.11 Å². The topological polar surface area (TPSA) is 66.7 Å². The molecule has 0 saturated carbocycles. The highest BCUT2D eigenvalue weighted by molar-refractivity contribution is 6.23. The van der Waals surface area contributed by atoms with Crippen molar-refractivity contribution in [1.29, 1.82) is 0 Å². The molecule has 0 saturated heterocycles. The van der Waals surface area contributed by atoms with Crippen LogP contribution in [0.4, 0.5) is 0 Å². The molecular weight excluding hydrogens is 170 g/mol. The number of carbonyl (C=O) groups excluding carboxylic acids is 1. The maximum absolute atomic E-state index is 11.3. The van der Waals surface area contributed by atoms with E-state index in [1.54, 1.807) is 13.8 Å². The molecule has 0 spiro atoms. The summed E-state index contributed by atoms with van der Waals surface area (Å²) in [7, 11) is 0. The van der Waals surface area contributed by atoms with Gasteiger partial charge in [-0.25, -0.2) is 4.79 Å². The molecule has 1 rings (SSSR count). The molecule has 0 unspecified atom stereocenters. The molecule has 1 N–H and O–H groups in total. The first-order valence-corrected chi connectivity index (χ1v) is 4.10. The predicted molar refractivity (Wildman–Crippen MR) is 47.7 cm³/mol. The third kappa shape index (κ3) is 1.83. The number of hydrogen-bond donors (Lipinski definition) is 1. The highest BCUT2D eigenvalue weighted by Gasteiger charge is 2.25. The molecular formula is C9H11NO3. The van der Waals surface area contributed by atoms with E-state index in [-0.39, 0.29) is 17.8 Å². The second-order valence-corrected chi connectivity index (χ2v) is 2.93. The number of Topliss-reactive ketones (excluding diaryl/α,β-unsaturated/α-hetero) is 1. The van der Waals surface area contributed by atoms with Crippen LogP contribution in [0.25, 0.3) is 0 Å². The number of hydrogen-bond acceptors (Lipinski definition) is 3. The number of carboxylic acids is 1. The van der Waals surface area contributed by atoms with Gasteiger partial charge in [0.1, 0.15) is 5.57 Å². The van der Waals surface area contributed by atoms with Crippen molar-refractivity contribution in [3.8, 4) is 0 Å². The van der Waals surface area contributed by atoms with Crippen molar-refractivity contribution in [2.45, 2.75) is 26.7 Å². The van der Waals surface area contributed by atoms with Gasteiger partial charge in [0.05, 0.1) is 5.70 Å². The van der Waals surface area contributed by atoms with E-state index in [0.717, 1.165) is 0 Å². The Balaban J connectivity index is 3.20. The number of carbonyl (C=O) groups is 2. The van der Waals surface area contributed by atoms with Gasteiger partial charge in [0, 0.05) is 12.1 Å². The van der Waals surface area contributed by atoms with Crippen molar-refractivity contribution in [2.75, 3.05) is 0 Å². The van der Waals surface area contributed by atoms with Gasteiger partial charge in [-0.3, -0.25) is 9.79 Å². The number of rotatable bonds is 2. The van der Waals surface area contributed by atoms with Gasteiger partial charge in [-0.15, -0.1) is 0 Å². The Hall–Kier alpha value is -1.45. The smallest absolute Gasteiger partial charge is 0.341 e. The summed E-state index contributed by atoms with van der Waals surface area (Å²) in [5, 5.41) is 8.75. The fourth-order valence-electron chi connectivity index (χ4n) is 1.31. The van der Waals surface area contributed by atoms with Gasteiger partial charge in [0.15, 0.2) is 5.78 Å². The zero-order valence-electron chi connectivity index (χ0n) is 7.63.